The molecule has 15 atom stereocenters. The van der Waals surface area contributed by atoms with Gasteiger partial charge in [-0.25, -0.2) is 9.21 Å². The number of carbonyl (C=O) groups excluding carboxylic acids is 2. The Balaban J connectivity index is 1.20. The van der Waals surface area contributed by atoms with Crippen molar-refractivity contribution in [3.8, 4) is 51.6 Å². The van der Waals surface area contributed by atoms with Crippen molar-refractivity contribution >= 4 is 35.0 Å². The van der Waals surface area contributed by atoms with Crippen molar-refractivity contribution in [2.24, 2.45) is 0 Å². The first-order valence-electron chi connectivity index (χ1n) is 21.4. The first-order valence-corrected chi connectivity index (χ1v) is 21.4. The Morgan fingerprint density at radius 3 is 1.89 bits per heavy atom. The maximum atomic E-state index is 12.6. The molecule has 384 valence electrons. The van der Waals surface area contributed by atoms with Gasteiger partial charge in [0.1, 0.15) is 109 Å². The maximum Gasteiger partial charge on any atom is 0.402 e. The number of carboxylic acid groups (broad SMARTS) is 1. The van der Waals surface area contributed by atoms with Crippen LogP contribution in [0.4, 0.5) is 0 Å². The number of esters is 2. The number of carbonyl (C=O) groups is 3. The van der Waals surface area contributed by atoms with Gasteiger partial charge in [0.25, 0.3) is 0 Å². The lowest BCUT2D eigenvalue weighted by molar-refractivity contribution is -0.349. The highest BCUT2D eigenvalue weighted by atomic mass is 16.7. The van der Waals surface area contributed by atoms with Crippen molar-refractivity contribution < 1.29 is 128 Å². The van der Waals surface area contributed by atoms with Crippen molar-refractivity contribution in [2.45, 2.75) is 105 Å². The van der Waals surface area contributed by atoms with E-state index in [4.69, 9.17) is 47.4 Å². The minimum atomic E-state index is -2.14. The Morgan fingerprint density at radius 1 is 0.634 bits per heavy atom. The van der Waals surface area contributed by atoms with Crippen LogP contribution in [0.3, 0.4) is 0 Å². The number of rotatable bonds is 15. The van der Waals surface area contributed by atoms with Gasteiger partial charge in [-0.2, -0.15) is 0 Å². The third kappa shape index (κ3) is 11.8. The van der Waals surface area contributed by atoms with E-state index < -0.39 is 170 Å². The summed E-state index contributed by atoms with van der Waals surface area (Å²) in [6.45, 7) is -0.280. The van der Waals surface area contributed by atoms with Gasteiger partial charge in [-0.05, 0) is 30.7 Å². The van der Waals surface area contributed by atoms with Crippen LogP contribution >= 0.6 is 0 Å². The molecule has 26 heteroatoms. The molecule has 3 saturated heterocycles. The topological polar surface area (TPSA) is 420 Å². The molecule has 7 rings (SSSR count). The largest absolute Gasteiger partial charge is 0.508 e. The van der Waals surface area contributed by atoms with Gasteiger partial charge >= 0.3 is 29.3 Å². The number of fused-ring (bicyclic) bond motifs is 1. The molecule has 0 amide bonds. The standard InChI is InChI=1S/C45H48O26/c1-16-32(54)35(57)38(60)43(65-16)71-42-28(15-64-31(53)13-29(50)51)70-45(40(62)37(42)59)67-25-11-20(47)10-24-21(25)12-26(41(66-24)18-8-22(48)33(55)23(49)9-18)68-44-39(61)36(58)34(56)27(69-44)14-63-30(52)7-4-17-2-5-19(46)6-3-17/h2-12,16,27-28,32,34-40,42-45,54,56-62H,13-15H2,1H3,(H5-,46,47,48,49,50,51,52,55)/p+1/t16-,27+,28+,32-,34+,35+,36-,37+,38+,39+,40+,42+,43-,44+,45+/m0/s1. The molecule has 71 heavy (non-hydrogen) atoms. The van der Waals surface area contributed by atoms with Crippen LogP contribution in [-0.2, 0) is 42.8 Å². The lowest BCUT2D eigenvalue weighted by Gasteiger charge is -2.45. The van der Waals surface area contributed by atoms with Gasteiger partial charge < -0.3 is 109 Å². The predicted molar refractivity (Wildman–Crippen MR) is 230 cm³/mol. The van der Waals surface area contributed by atoms with Gasteiger partial charge in [0.15, 0.2) is 23.5 Å². The summed E-state index contributed by atoms with van der Waals surface area (Å²) in [6, 6.07) is 10.7. The molecule has 0 aliphatic carbocycles. The fourth-order valence-corrected chi connectivity index (χ4v) is 7.59. The summed E-state index contributed by atoms with van der Waals surface area (Å²) in [4.78, 5) is 36.1. The molecule has 0 unspecified atom stereocenters. The van der Waals surface area contributed by atoms with Gasteiger partial charge in [0.2, 0.25) is 18.3 Å². The molecular weight excluding hydrogens is 956 g/mol. The van der Waals surface area contributed by atoms with Gasteiger partial charge in [-0.3, -0.25) is 9.59 Å². The Bertz CT molecular complexity index is 2560. The molecule has 3 fully saturated rings. The van der Waals surface area contributed by atoms with Crippen LogP contribution < -0.4 is 9.47 Å². The smallest absolute Gasteiger partial charge is 0.402 e. The van der Waals surface area contributed by atoms with Crippen LogP contribution in [0.15, 0.2) is 65.1 Å². The number of carboxylic acids is 1. The molecule has 0 radical (unpaired) electrons. The fraction of sp³-hybridized carbons (Fsp3) is 0.422. The van der Waals surface area contributed by atoms with Gasteiger partial charge in [0, 0.05) is 30.3 Å². The first-order chi connectivity index (χ1) is 33.6. The number of hydrogen-bond acceptors (Lipinski definition) is 24. The summed E-state index contributed by atoms with van der Waals surface area (Å²) >= 11 is 0. The summed E-state index contributed by atoms with van der Waals surface area (Å²) < 4.78 is 51.2. The summed E-state index contributed by atoms with van der Waals surface area (Å²) in [5.41, 5.74) is -0.0198. The second kappa shape index (κ2) is 21.8. The van der Waals surface area contributed by atoms with E-state index in [0.717, 1.165) is 36.4 Å². The molecule has 0 saturated carbocycles. The molecule has 0 bridgehead atoms. The second-order valence-corrected chi connectivity index (χ2v) is 16.5. The fourth-order valence-electron chi connectivity index (χ4n) is 7.59. The van der Waals surface area contributed by atoms with Gasteiger partial charge in [-0.15, -0.1) is 0 Å². The van der Waals surface area contributed by atoms with Crippen LogP contribution in [-0.4, -0.2) is 195 Å². The molecule has 4 aromatic rings. The van der Waals surface area contributed by atoms with Gasteiger partial charge in [-0.1, -0.05) is 12.1 Å². The van der Waals surface area contributed by atoms with Crippen LogP contribution in [0.5, 0.6) is 40.2 Å². The van der Waals surface area contributed by atoms with E-state index in [9.17, 15) is 80.8 Å². The zero-order valence-corrected chi connectivity index (χ0v) is 36.8. The van der Waals surface area contributed by atoms with E-state index in [1.165, 1.54) is 37.3 Å². The van der Waals surface area contributed by atoms with Crippen molar-refractivity contribution in [3.63, 3.8) is 0 Å². The Morgan fingerprint density at radius 2 is 1.23 bits per heavy atom. The number of aromatic hydroxyl groups is 5. The van der Waals surface area contributed by atoms with E-state index in [2.05, 4.69) is 0 Å². The monoisotopic (exact) mass is 1010 g/mol. The molecule has 1 aromatic heterocycles. The lowest BCUT2D eigenvalue weighted by Crippen LogP contribution is -2.64. The number of aliphatic hydroxyl groups excluding tert-OH is 8. The third-order valence-corrected chi connectivity index (χ3v) is 11.4. The average Bonchev–Trinajstić information content (AvgIpc) is 3.32. The maximum absolute atomic E-state index is 12.6. The third-order valence-electron chi connectivity index (χ3n) is 11.4. The molecular formula is C45H49O26+. The van der Waals surface area contributed by atoms with E-state index in [0.29, 0.717) is 5.56 Å². The number of phenolic OH excluding ortho intramolecular Hbond substituents is 5. The number of benzene rings is 3. The van der Waals surface area contributed by atoms with Crippen molar-refractivity contribution in [3.05, 3.63) is 66.2 Å². The van der Waals surface area contributed by atoms with Crippen molar-refractivity contribution in [1.82, 2.24) is 0 Å². The molecule has 26 nitrogen and oxygen atoms in total. The second-order valence-electron chi connectivity index (χ2n) is 16.5. The summed E-state index contributed by atoms with van der Waals surface area (Å²) in [5.74, 6) is -8.42. The minimum absolute atomic E-state index is 0.0116. The molecule has 4 heterocycles. The van der Waals surface area contributed by atoms with Crippen molar-refractivity contribution in [2.75, 3.05) is 13.2 Å². The number of ether oxygens (including phenoxy) is 8. The molecule has 3 aromatic carbocycles. The molecule has 14 N–H and O–H groups in total. The van der Waals surface area contributed by atoms with Crippen LogP contribution in [0.1, 0.15) is 18.9 Å². The number of aliphatic carboxylic acids is 1. The number of phenols is 5. The average molecular weight is 1010 g/mol. The number of aliphatic hydroxyl groups is 8. The minimum Gasteiger partial charge on any atom is -0.508 e. The van der Waals surface area contributed by atoms with E-state index in [1.54, 1.807) is 0 Å². The Kier molecular flexibility index (Phi) is 16.0. The summed E-state index contributed by atoms with van der Waals surface area (Å²) in [7, 11) is 0. The quantitative estimate of drug-likeness (QED) is 0.0210. The summed E-state index contributed by atoms with van der Waals surface area (Å²) in [5, 5.41) is 147. The highest BCUT2D eigenvalue weighted by Gasteiger charge is 2.52. The molecule has 3 aliphatic rings. The first kappa shape index (κ1) is 52.2. The van der Waals surface area contributed by atoms with Gasteiger partial charge in [0.05, 0.1) is 17.7 Å². The highest BCUT2D eigenvalue weighted by molar-refractivity contribution is 5.90. The predicted octanol–water partition coefficient (Wildman–Crippen LogP) is -1.59. The SMILES string of the molecule is C[C@@H]1O[C@@H](O[C@H]2[C@H](O)[C@@H](O)[C@H](Oc3cc(O)cc4[o+]c(-c5cc(O)c(O)c(O)c5)c(O[C@@H]5O[C@H](COC(=O)C=Cc6ccc(O)cc6)[C@@H](O)[C@H](O)[C@H]5O)cc34)O[C@@H]2COC(=O)CC(=O)O)[C@H](O)[C@H](O)[C@H]1O. The number of hydrogen-bond donors (Lipinski definition) is 14. The normalized spacial score (nSPS) is 31.0. The molecule has 0 spiro atoms. The zero-order chi connectivity index (χ0) is 51.6. The van der Waals surface area contributed by atoms with E-state index >= 15 is 0 Å². The Hall–Kier alpha value is -6.66. The highest BCUT2D eigenvalue weighted by Crippen LogP contribution is 2.46. The molecule has 3 aliphatic heterocycles. The lowest BCUT2D eigenvalue weighted by atomic mass is 9.97. The van der Waals surface area contributed by atoms with Crippen LogP contribution in [0.25, 0.3) is 28.4 Å². The van der Waals surface area contributed by atoms with E-state index in [1.807, 2.05) is 0 Å². The Labute approximate surface area is 399 Å². The van der Waals surface area contributed by atoms with Crippen molar-refractivity contribution in [1.29, 1.82) is 0 Å². The van der Waals surface area contributed by atoms with Crippen LogP contribution in [0, 0.1) is 0 Å². The van der Waals surface area contributed by atoms with Crippen LogP contribution in [0.2, 0.25) is 0 Å². The van der Waals surface area contributed by atoms with E-state index in [-0.39, 0.29) is 22.3 Å². The summed E-state index contributed by atoms with van der Waals surface area (Å²) in [6.07, 6.45) is -26.2. The zero-order valence-electron chi connectivity index (χ0n) is 36.8.